The van der Waals surface area contributed by atoms with Crippen molar-refractivity contribution < 1.29 is 9.53 Å². The van der Waals surface area contributed by atoms with Crippen molar-refractivity contribution in [2.75, 3.05) is 19.7 Å². The number of amides is 1. The van der Waals surface area contributed by atoms with Gasteiger partial charge in [0.15, 0.2) is 0 Å². The molecule has 0 aromatic rings. The minimum Gasteiger partial charge on any atom is -0.375 e. The van der Waals surface area contributed by atoms with Crippen LogP contribution in [0.2, 0.25) is 0 Å². The summed E-state index contributed by atoms with van der Waals surface area (Å²) in [6.45, 7) is 4.30. The van der Waals surface area contributed by atoms with Gasteiger partial charge in [-0.2, -0.15) is 0 Å². The highest BCUT2D eigenvalue weighted by molar-refractivity contribution is 5.76. The Bertz CT molecular complexity index is 283. The monoisotopic (exact) mass is 254 g/mol. The zero-order valence-corrected chi connectivity index (χ0v) is 11.4. The average molecular weight is 254 g/mol. The van der Waals surface area contributed by atoms with Crippen LogP contribution < -0.4 is 5.73 Å². The Kier molecular flexibility index (Phi) is 5.01. The second-order valence-corrected chi connectivity index (χ2v) is 5.65. The fourth-order valence-corrected chi connectivity index (χ4v) is 3.04. The maximum Gasteiger partial charge on any atom is 0.223 e. The molecule has 1 heterocycles. The molecule has 0 aromatic heterocycles. The first-order chi connectivity index (χ1) is 8.70. The zero-order chi connectivity index (χ0) is 13.0. The fraction of sp³-hybridized carbons (Fsp3) is 0.929. The van der Waals surface area contributed by atoms with Crippen molar-refractivity contribution in [3.63, 3.8) is 0 Å². The van der Waals surface area contributed by atoms with E-state index < -0.39 is 0 Å². The second kappa shape index (κ2) is 6.53. The summed E-state index contributed by atoms with van der Waals surface area (Å²) in [6, 6.07) is 0.228. The zero-order valence-electron chi connectivity index (χ0n) is 11.4. The van der Waals surface area contributed by atoms with Gasteiger partial charge in [-0.3, -0.25) is 4.79 Å². The molecule has 0 spiro atoms. The molecule has 1 aliphatic heterocycles. The van der Waals surface area contributed by atoms with Gasteiger partial charge in [-0.25, -0.2) is 0 Å². The number of carbonyl (C=O) groups is 1. The van der Waals surface area contributed by atoms with E-state index in [9.17, 15) is 4.79 Å². The van der Waals surface area contributed by atoms with Gasteiger partial charge in [0, 0.05) is 25.6 Å². The number of hydrogen-bond acceptors (Lipinski definition) is 3. The van der Waals surface area contributed by atoms with Crippen LogP contribution in [0.4, 0.5) is 0 Å². The van der Waals surface area contributed by atoms with Crippen molar-refractivity contribution >= 4 is 5.91 Å². The quantitative estimate of drug-likeness (QED) is 0.831. The summed E-state index contributed by atoms with van der Waals surface area (Å²) in [5.41, 5.74) is 6.11. The second-order valence-electron chi connectivity index (χ2n) is 5.65. The van der Waals surface area contributed by atoms with E-state index in [1.807, 2.05) is 4.90 Å². The van der Waals surface area contributed by atoms with E-state index in [4.69, 9.17) is 10.5 Å². The van der Waals surface area contributed by atoms with Gasteiger partial charge in [-0.1, -0.05) is 19.8 Å². The summed E-state index contributed by atoms with van der Waals surface area (Å²) < 4.78 is 5.60. The first-order valence-corrected chi connectivity index (χ1v) is 7.35. The molecule has 1 amide bonds. The van der Waals surface area contributed by atoms with Crippen LogP contribution in [0.25, 0.3) is 0 Å². The molecule has 1 saturated carbocycles. The standard InChI is InChI=1S/C14H26N2O2/c1-2-12-10-16(7-8-18-12)14(17)9-11-5-3-4-6-13(11)15/h11-13H,2-10,15H2,1H3. The summed E-state index contributed by atoms with van der Waals surface area (Å²) in [5, 5.41) is 0. The molecule has 3 unspecified atom stereocenters. The highest BCUT2D eigenvalue weighted by atomic mass is 16.5. The van der Waals surface area contributed by atoms with Crippen molar-refractivity contribution in [3.8, 4) is 0 Å². The third-order valence-corrected chi connectivity index (χ3v) is 4.35. The van der Waals surface area contributed by atoms with Crippen LogP contribution >= 0.6 is 0 Å². The van der Waals surface area contributed by atoms with Gasteiger partial charge in [-0.15, -0.1) is 0 Å². The highest BCUT2D eigenvalue weighted by Crippen LogP contribution is 2.26. The predicted octanol–water partition coefficient (Wildman–Crippen LogP) is 1.53. The van der Waals surface area contributed by atoms with Crippen molar-refractivity contribution in [2.24, 2.45) is 11.7 Å². The van der Waals surface area contributed by atoms with E-state index in [1.165, 1.54) is 12.8 Å². The summed E-state index contributed by atoms with van der Waals surface area (Å²) in [6.07, 6.45) is 6.49. The van der Waals surface area contributed by atoms with Gasteiger partial charge >= 0.3 is 0 Å². The minimum absolute atomic E-state index is 0.225. The Labute approximate surface area is 110 Å². The topological polar surface area (TPSA) is 55.6 Å². The van der Waals surface area contributed by atoms with Crippen molar-refractivity contribution in [3.05, 3.63) is 0 Å². The average Bonchev–Trinajstić information content (AvgIpc) is 2.41. The van der Waals surface area contributed by atoms with Crippen LogP contribution in [0, 0.1) is 5.92 Å². The number of carbonyl (C=O) groups excluding carboxylic acids is 1. The van der Waals surface area contributed by atoms with Crippen LogP contribution in [0.3, 0.4) is 0 Å². The van der Waals surface area contributed by atoms with E-state index in [1.54, 1.807) is 0 Å². The van der Waals surface area contributed by atoms with E-state index in [0.29, 0.717) is 18.9 Å². The molecule has 4 heteroatoms. The lowest BCUT2D eigenvalue weighted by atomic mass is 9.82. The van der Waals surface area contributed by atoms with Crippen LogP contribution in [-0.2, 0) is 9.53 Å². The molecule has 3 atom stereocenters. The summed E-state index contributed by atoms with van der Waals surface area (Å²) in [5.74, 6) is 0.674. The van der Waals surface area contributed by atoms with Gasteiger partial charge in [0.1, 0.15) is 0 Å². The maximum absolute atomic E-state index is 12.3. The number of rotatable bonds is 3. The summed E-state index contributed by atoms with van der Waals surface area (Å²) in [7, 11) is 0. The minimum atomic E-state index is 0.225. The molecule has 0 aromatic carbocycles. The largest absolute Gasteiger partial charge is 0.375 e. The van der Waals surface area contributed by atoms with Gasteiger partial charge in [0.05, 0.1) is 12.7 Å². The van der Waals surface area contributed by atoms with Crippen LogP contribution in [0.15, 0.2) is 0 Å². The van der Waals surface area contributed by atoms with Crippen molar-refractivity contribution in [2.45, 2.75) is 57.6 Å². The maximum atomic E-state index is 12.3. The number of hydrogen-bond donors (Lipinski definition) is 1. The molecule has 4 nitrogen and oxygen atoms in total. The van der Waals surface area contributed by atoms with Crippen molar-refractivity contribution in [1.82, 2.24) is 4.90 Å². The molecule has 0 bridgehead atoms. The summed E-state index contributed by atoms with van der Waals surface area (Å²) in [4.78, 5) is 14.3. The lowest BCUT2D eigenvalue weighted by Crippen LogP contribution is -2.47. The Hall–Kier alpha value is -0.610. The highest BCUT2D eigenvalue weighted by Gasteiger charge is 2.28. The summed E-state index contributed by atoms with van der Waals surface area (Å²) >= 11 is 0. The number of ether oxygens (including phenoxy) is 1. The van der Waals surface area contributed by atoms with Crippen LogP contribution in [-0.4, -0.2) is 42.6 Å². The predicted molar refractivity (Wildman–Crippen MR) is 71.2 cm³/mol. The number of nitrogens with two attached hydrogens (primary N) is 1. The van der Waals surface area contributed by atoms with E-state index in [2.05, 4.69) is 6.92 Å². The molecule has 1 saturated heterocycles. The molecule has 18 heavy (non-hydrogen) atoms. The molecule has 0 radical (unpaired) electrons. The van der Waals surface area contributed by atoms with E-state index in [0.717, 1.165) is 32.4 Å². The molecule has 2 aliphatic rings. The van der Waals surface area contributed by atoms with Gasteiger partial charge < -0.3 is 15.4 Å². The third-order valence-electron chi connectivity index (χ3n) is 4.35. The molecule has 2 rings (SSSR count). The lowest BCUT2D eigenvalue weighted by Gasteiger charge is -2.35. The molecular weight excluding hydrogens is 228 g/mol. The smallest absolute Gasteiger partial charge is 0.223 e. The molecule has 104 valence electrons. The molecule has 2 N–H and O–H groups in total. The van der Waals surface area contributed by atoms with Crippen LogP contribution in [0.5, 0.6) is 0 Å². The molecule has 2 fully saturated rings. The SMILES string of the molecule is CCC1CN(C(=O)CC2CCCCC2N)CCO1. The number of nitrogens with zero attached hydrogens (tertiary/aromatic N) is 1. The normalized spacial score (nSPS) is 33.4. The molecule has 1 aliphatic carbocycles. The Morgan fingerprint density at radius 1 is 1.39 bits per heavy atom. The van der Waals surface area contributed by atoms with Crippen molar-refractivity contribution in [1.29, 1.82) is 0 Å². The number of morpholine rings is 1. The van der Waals surface area contributed by atoms with E-state index in [-0.39, 0.29) is 18.1 Å². The Morgan fingerprint density at radius 2 is 2.17 bits per heavy atom. The first-order valence-electron chi connectivity index (χ1n) is 7.35. The lowest BCUT2D eigenvalue weighted by molar-refractivity contribution is -0.140. The Balaban J connectivity index is 1.83. The van der Waals surface area contributed by atoms with Gasteiger partial charge in [0.2, 0.25) is 5.91 Å². The molecular formula is C14H26N2O2. The third kappa shape index (κ3) is 3.45. The van der Waals surface area contributed by atoms with Gasteiger partial charge in [-0.05, 0) is 25.2 Å². The van der Waals surface area contributed by atoms with E-state index >= 15 is 0 Å². The fourth-order valence-electron chi connectivity index (χ4n) is 3.04. The van der Waals surface area contributed by atoms with Gasteiger partial charge in [0.25, 0.3) is 0 Å². The Morgan fingerprint density at radius 3 is 2.89 bits per heavy atom. The van der Waals surface area contributed by atoms with Crippen LogP contribution in [0.1, 0.15) is 45.4 Å². The first kappa shape index (κ1) is 13.8.